The largest absolute Gasteiger partial charge is 0.476 e. The predicted octanol–water partition coefficient (Wildman–Crippen LogP) is 1.90. The van der Waals surface area contributed by atoms with Crippen molar-refractivity contribution in [2.24, 2.45) is 0 Å². The van der Waals surface area contributed by atoms with Gasteiger partial charge < -0.3 is 5.11 Å². The SMILES string of the molecule is O=C(O)c1ccc(-c2ccsc2)nn1. The first kappa shape index (κ1) is 8.83. The zero-order chi connectivity index (χ0) is 9.97. The molecule has 0 spiro atoms. The molecule has 0 radical (unpaired) electrons. The van der Waals surface area contributed by atoms with Crippen LogP contribution in [0.15, 0.2) is 29.0 Å². The third kappa shape index (κ3) is 1.62. The van der Waals surface area contributed by atoms with E-state index in [1.165, 1.54) is 6.07 Å². The second-order valence-electron chi connectivity index (χ2n) is 2.62. The molecule has 0 aliphatic rings. The predicted molar refractivity (Wildman–Crippen MR) is 52.3 cm³/mol. The lowest BCUT2D eigenvalue weighted by Gasteiger charge is -1.95. The molecule has 0 aliphatic heterocycles. The molecule has 0 aromatic carbocycles. The number of nitrogens with zero attached hydrogens (tertiary/aromatic N) is 2. The lowest BCUT2D eigenvalue weighted by Crippen LogP contribution is -2.01. The van der Waals surface area contributed by atoms with Gasteiger partial charge in [0.25, 0.3) is 0 Å². The normalized spacial score (nSPS) is 10.0. The van der Waals surface area contributed by atoms with Crippen LogP contribution in [-0.4, -0.2) is 21.3 Å². The molecular weight excluding hydrogens is 200 g/mol. The summed E-state index contributed by atoms with van der Waals surface area (Å²) >= 11 is 1.56. The summed E-state index contributed by atoms with van der Waals surface area (Å²) in [7, 11) is 0. The van der Waals surface area contributed by atoms with E-state index < -0.39 is 5.97 Å². The van der Waals surface area contributed by atoms with E-state index in [0.29, 0.717) is 5.69 Å². The van der Waals surface area contributed by atoms with Crippen LogP contribution in [0.5, 0.6) is 0 Å². The van der Waals surface area contributed by atoms with Crippen molar-refractivity contribution < 1.29 is 9.90 Å². The highest BCUT2D eigenvalue weighted by molar-refractivity contribution is 7.08. The lowest BCUT2D eigenvalue weighted by molar-refractivity contribution is 0.0689. The molecule has 0 unspecified atom stereocenters. The average Bonchev–Trinajstić information content (AvgIpc) is 2.71. The Kier molecular flexibility index (Phi) is 2.24. The van der Waals surface area contributed by atoms with E-state index in [0.717, 1.165) is 5.56 Å². The van der Waals surface area contributed by atoms with Crippen LogP contribution >= 0.6 is 11.3 Å². The van der Waals surface area contributed by atoms with Crippen LogP contribution in [0.2, 0.25) is 0 Å². The molecule has 5 heteroatoms. The first-order valence-corrected chi connectivity index (χ1v) is 4.81. The summed E-state index contributed by atoms with van der Waals surface area (Å²) < 4.78 is 0. The molecule has 0 bridgehead atoms. The minimum Gasteiger partial charge on any atom is -0.476 e. The number of carbonyl (C=O) groups is 1. The van der Waals surface area contributed by atoms with Crippen LogP contribution in [0.25, 0.3) is 11.3 Å². The van der Waals surface area contributed by atoms with Crippen molar-refractivity contribution in [2.75, 3.05) is 0 Å². The molecule has 0 fully saturated rings. The standard InChI is InChI=1S/C9H6N2O2S/c12-9(13)8-2-1-7(10-11-8)6-3-4-14-5-6/h1-5H,(H,12,13). The molecule has 0 aliphatic carbocycles. The Labute approximate surface area is 83.9 Å². The monoisotopic (exact) mass is 206 g/mol. The highest BCUT2D eigenvalue weighted by Gasteiger charge is 2.05. The smallest absolute Gasteiger partial charge is 0.356 e. The quantitative estimate of drug-likeness (QED) is 0.815. The Morgan fingerprint density at radius 3 is 2.64 bits per heavy atom. The summed E-state index contributed by atoms with van der Waals surface area (Å²) in [6.07, 6.45) is 0. The maximum atomic E-state index is 10.5. The molecule has 4 nitrogen and oxygen atoms in total. The summed E-state index contributed by atoms with van der Waals surface area (Å²) in [5.41, 5.74) is 1.61. The Bertz CT molecular complexity index is 436. The molecule has 0 saturated heterocycles. The number of aromatic nitrogens is 2. The molecule has 2 rings (SSSR count). The van der Waals surface area contributed by atoms with Crippen molar-refractivity contribution in [1.82, 2.24) is 10.2 Å². The average molecular weight is 206 g/mol. The molecule has 14 heavy (non-hydrogen) atoms. The third-order valence-corrected chi connectivity index (χ3v) is 2.38. The van der Waals surface area contributed by atoms with Crippen LogP contribution in [0.1, 0.15) is 10.5 Å². The summed E-state index contributed by atoms with van der Waals surface area (Å²) in [6, 6.07) is 5.01. The van der Waals surface area contributed by atoms with Crippen molar-refractivity contribution in [3.8, 4) is 11.3 Å². The number of thiophene rings is 1. The summed E-state index contributed by atoms with van der Waals surface area (Å²) in [6.45, 7) is 0. The van der Waals surface area contributed by atoms with Crippen molar-refractivity contribution in [1.29, 1.82) is 0 Å². The fourth-order valence-electron chi connectivity index (χ4n) is 1.01. The number of carboxylic acids is 1. The lowest BCUT2D eigenvalue weighted by atomic mass is 10.2. The maximum Gasteiger partial charge on any atom is 0.356 e. The van der Waals surface area contributed by atoms with Crippen LogP contribution in [-0.2, 0) is 0 Å². The van der Waals surface area contributed by atoms with Gasteiger partial charge in [0.2, 0.25) is 0 Å². The number of carboxylic acid groups (broad SMARTS) is 1. The summed E-state index contributed by atoms with van der Waals surface area (Å²) in [4.78, 5) is 10.5. The molecule has 0 amide bonds. The van der Waals surface area contributed by atoms with Crippen LogP contribution in [0.3, 0.4) is 0 Å². The maximum absolute atomic E-state index is 10.5. The van der Waals surface area contributed by atoms with E-state index >= 15 is 0 Å². The number of hydrogen-bond donors (Lipinski definition) is 1. The van der Waals surface area contributed by atoms with E-state index in [4.69, 9.17) is 5.11 Å². The zero-order valence-electron chi connectivity index (χ0n) is 7.04. The summed E-state index contributed by atoms with van der Waals surface area (Å²) in [5.74, 6) is -1.06. The van der Waals surface area contributed by atoms with Gasteiger partial charge in [-0.05, 0) is 23.6 Å². The first-order chi connectivity index (χ1) is 6.77. The van der Waals surface area contributed by atoms with Crippen LogP contribution in [0.4, 0.5) is 0 Å². The fourth-order valence-corrected chi connectivity index (χ4v) is 1.66. The van der Waals surface area contributed by atoms with E-state index in [9.17, 15) is 4.79 Å². The highest BCUT2D eigenvalue weighted by atomic mass is 32.1. The van der Waals surface area contributed by atoms with Gasteiger partial charge in [-0.15, -0.1) is 10.2 Å². The van der Waals surface area contributed by atoms with Gasteiger partial charge in [0.15, 0.2) is 5.69 Å². The molecule has 0 saturated carbocycles. The summed E-state index contributed by atoms with van der Waals surface area (Å²) in [5, 5.41) is 19.9. The van der Waals surface area contributed by atoms with Gasteiger partial charge in [-0.3, -0.25) is 0 Å². The fraction of sp³-hybridized carbons (Fsp3) is 0. The number of rotatable bonds is 2. The second kappa shape index (κ2) is 3.55. The molecule has 2 aromatic heterocycles. The van der Waals surface area contributed by atoms with Crippen molar-refractivity contribution >= 4 is 17.3 Å². The first-order valence-electron chi connectivity index (χ1n) is 3.87. The molecule has 70 valence electrons. The van der Waals surface area contributed by atoms with E-state index in [1.54, 1.807) is 17.4 Å². The van der Waals surface area contributed by atoms with Gasteiger partial charge in [-0.1, -0.05) is 0 Å². The molecular formula is C9H6N2O2S. The molecule has 2 heterocycles. The molecule has 0 atom stereocenters. The van der Waals surface area contributed by atoms with Crippen molar-refractivity contribution in [2.45, 2.75) is 0 Å². The minimum atomic E-state index is -1.06. The Morgan fingerprint density at radius 2 is 2.14 bits per heavy atom. The Hall–Kier alpha value is -1.75. The van der Waals surface area contributed by atoms with Crippen molar-refractivity contribution in [3.63, 3.8) is 0 Å². The Morgan fingerprint density at radius 1 is 1.29 bits per heavy atom. The Balaban J connectivity index is 2.36. The van der Waals surface area contributed by atoms with Gasteiger partial charge in [-0.25, -0.2) is 4.79 Å². The number of aromatic carboxylic acids is 1. The van der Waals surface area contributed by atoms with Gasteiger partial charge in [0, 0.05) is 10.9 Å². The van der Waals surface area contributed by atoms with Gasteiger partial charge in [0.1, 0.15) is 0 Å². The van der Waals surface area contributed by atoms with Gasteiger partial charge >= 0.3 is 5.97 Å². The minimum absolute atomic E-state index is 0.0380. The van der Waals surface area contributed by atoms with Crippen LogP contribution in [0, 0.1) is 0 Å². The van der Waals surface area contributed by atoms with Gasteiger partial charge in [-0.2, -0.15) is 11.3 Å². The molecule has 1 N–H and O–H groups in total. The van der Waals surface area contributed by atoms with E-state index in [-0.39, 0.29) is 5.69 Å². The van der Waals surface area contributed by atoms with Gasteiger partial charge in [0.05, 0.1) is 5.69 Å². The highest BCUT2D eigenvalue weighted by Crippen LogP contribution is 2.18. The molecule has 2 aromatic rings. The number of hydrogen-bond acceptors (Lipinski definition) is 4. The van der Waals surface area contributed by atoms with Crippen molar-refractivity contribution in [3.05, 3.63) is 34.7 Å². The topological polar surface area (TPSA) is 63.1 Å². The second-order valence-corrected chi connectivity index (χ2v) is 3.40. The third-order valence-electron chi connectivity index (χ3n) is 1.70. The van der Waals surface area contributed by atoms with E-state index in [2.05, 4.69) is 10.2 Å². The zero-order valence-corrected chi connectivity index (χ0v) is 7.86. The van der Waals surface area contributed by atoms with E-state index in [1.807, 2.05) is 16.8 Å². The van der Waals surface area contributed by atoms with Crippen LogP contribution < -0.4 is 0 Å².